The number of Topliss-reactive ketones (excluding diaryl/α,β-unsaturated/α-hetero) is 1. The summed E-state index contributed by atoms with van der Waals surface area (Å²) in [6.45, 7) is 0. The van der Waals surface area contributed by atoms with E-state index in [1.807, 2.05) is 0 Å². The predicted molar refractivity (Wildman–Crippen MR) is 98.4 cm³/mol. The minimum atomic E-state index is -1.10. The first-order valence-electron chi connectivity index (χ1n) is 8.15. The third kappa shape index (κ3) is 4.49. The van der Waals surface area contributed by atoms with Crippen molar-refractivity contribution in [2.75, 3.05) is 28.4 Å². The van der Waals surface area contributed by atoms with Crippen LogP contribution in [0.3, 0.4) is 0 Å². The minimum Gasteiger partial charge on any atom is -0.493 e. The summed E-state index contributed by atoms with van der Waals surface area (Å²) >= 11 is 0. The molecule has 2 aromatic carbocycles. The molecule has 0 aliphatic carbocycles. The van der Waals surface area contributed by atoms with E-state index in [2.05, 4.69) is 0 Å². The van der Waals surface area contributed by atoms with Crippen molar-refractivity contribution in [2.45, 2.75) is 12.3 Å². The number of carbonyl (C=O) groups excluding carboxylic acids is 1. The van der Waals surface area contributed by atoms with Crippen molar-refractivity contribution in [2.24, 2.45) is 0 Å². The summed E-state index contributed by atoms with van der Waals surface area (Å²) < 4.78 is 20.7. The van der Waals surface area contributed by atoms with E-state index in [-0.39, 0.29) is 12.2 Å². The maximum absolute atomic E-state index is 12.7. The molecule has 0 amide bonds. The Kier molecular flexibility index (Phi) is 6.65. The van der Waals surface area contributed by atoms with E-state index in [0.29, 0.717) is 34.1 Å². The number of benzene rings is 2. The third-order valence-electron chi connectivity index (χ3n) is 4.20. The highest BCUT2D eigenvalue weighted by atomic mass is 16.5. The number of carboxylic acid groups (broad SMARTS) is 1. The Hall–Kier alpha value is -3.22. The average molecular weight is 374 g/mol. The van der Waals surface area contributed by atoms with Crippen LogP contribution in [0.4, 0.5) is 0 Å². The van der Waals surface area contributed by atoms with Gasteiger partial charge in [-0.25, -0.2) is 0 Å². The summed E-state index contributed by atoms with van der Waals surface area (Å²) in [5.74, 6) is -0.666. The molecule has 2 rings (SSSR count). The van der Waals surface area contributed by atoms with Gasteiger partial charge in [-0.2, -0.15) is 0 Å². The molecule has 1 atom stereocenters. The van der Waals surface area contributed by atoms with Gasteiger partial charge in [0.25, 0.3) is 0 Å². The molecule has 2 aromatic rings. The second-order valence-electron chi connectivity index (χ2n) is 5.70. The van der Waals surface area contributed by atoms with E-state index in [9.17, 15) is 14.7 Å². The maximum atomic E-state index is 12.7. The molecule has 1 N–H and O–H groups in total. The van der Waals surface area contributed by atoms with Crippen LogP contribution in [0.2, 0.25) is 0 Å². The van der Waals surface area contributed by atoms with Crippen molar-refractivity contribution in [3.63, 3.8) is 0 Å². The van der Waals surface area contributed by atoms with Gasteiger partial charge in [-0.1, -0.05) is 6.07 Å². The molecule has 7 heteroatoms. The van der Waals surface area contributed by atoms with Gasteiger partial charge in [0.1, 0.15) is 0 Å². The molecule has 7 nitrogen and oxygen atoms in total. The number of methoxy groups -OCH3 is 4. The standard InChI is InChI=1S/C20H22O7/c1-24-16-7-5-12(9-18(16)26-3)14(20(22)23)11-15(21)13-6-8-17(25-2)19(10-13)27-4/h5-10,14H,11H2,1-4H3,(H,22,23). The van der Waals surface area contributed by atoms with E-state index < -0.39 is 11.9 Å². The van der Waals surface area contributed by atoms with Crippen molar-refractivity contribution in [1.82, 2.24) is 0 Å². The lowest BCUT2D eigenvalue weighted by atomic mass is 9.91. The monoisotopic (exact) mass is 374 g/mol. The van der Waals surface area contributed by atoms with Crippen molar-refractivity contribution < 1.29 is 33.6 Å². The Morgan fingerprint density at radius 2 is 1.33 bits per heavy atom. The predicted octanol–water partition coefficient (Wildman–Crippen LogP) is 3.16. The zero-order valence-electron chi connectivity index (χ0n) is 15.6. The molecular weight excluding hydrogens is 352 g/mol. The van der Waals surface area contributed by atoms with Gasteiger partial charge in [0.15, 0.2) is 28.8 Å². The molecule has 0 spiro atoms. The Balaban J connectivity index is 2.31. The van der Waals surface area contributed by atoms with Crippen LogP contribution in [-0.4, -0.2) is 45.3 Å². The minimum absolute atomic E-state index is 0.208. The number of hydrogen-bond donors (Lipinski definition) is 1. The summed E-state index contributed by atoms with van der Waals surface area (Å²) in [6, 6.07) is 9.52. The van der Waals surface area contributed by atoms with Crippen LogP contribution in [0.25, 0.3) is 0 Å². The first-order chi connectivity index (χ1) is 12.9. The van der Waals surface area contributed by atoms with Gasteiger partial charge in [0, 0.05) is 12.0 Å². The summed E-state index contributed by atoms with van der Waals surface area (Å²) in [4.78, 5) is 24.4. The molecule has 0 aromatic heterocycles. The normalized spacial score (nSPS) is 11.4. The highest BCUT2D eigenvalue weighted by Gasteiger charge is 2.25. The van der Waals surface area contributed by atoms with E-state index >= 15 is 0 Å². The molecule has 0 aliphatic heterocycles. The number of carbonyl (C=O) groups is 2. The van der Waals surface area contributed by atoms with Crippen molar-refractivity contribution in [3.8, 4) is 23.0 Å². The lowest BCUT2D eigenvalue weighted by Gasteiger charge is -2.15. The second kappa shape index (κ2) is 8.93. The van der Waals surface area contributed by atoms with E-state index in [4.69, 9.17) is 18.9 Å². The van der Waals surface area contributed by atoms with Gasteiger partial charge < -0.3 is 24.1 Å². The third-order valence-corrected chi connectivity index (χ3v) is 4.20. The number of hydrogen-bond acceptors (Lipinski definition) is 6. The Labute approximate surface area is 157 Å². The fourth-order valence-electron chi connectivity index (χ4n) is 2.73. The van der Waals surface area contributed by atoms with E-state index in [1.54, 1.807) is 30.3 Å². The van der Waals surface area contributed by atoms with Gasteiger partial charge in [0.2, 0.25) is 0 Å². The number of carboxylic acids is 1. The Bertz CT molecular complexity index is 829. The van der Waals surface area contributed by atoms with Crippen LogP contribution >= 0.6 is 0 Å². The largest absolute Gasteiger partial charge is 0.493 e. The van der Waals surface area contributed by atoms with Crippen molar-refractivity contribution in [1.29, 1.82) is 0 Å². The number of ether oxygens (including phenoxy) is 4. The van der Waals surface area contributed by atoms with Gasteiger partial charge in [-0.15, -0.1) is 0 Å². The molecule has 0 fully saturated rings. The molecule has 0 aliphatic rings. The van der Waals surface area contributed by atoms with E-state index in [1.165, 1.54) is 34.5 Å². The maximum Gasteiger partial charge on any atom is 0.311 e. The Morgan fingerprint density at radius 3 is 1.85 bits per heavy atom. The quantitative estimate of drug-likeness (QED) is 0.674. The van der Waals surface area contributed by atoms with Crippen LogP contribution in [0.5, 0.6) is 23.0 Å². The lowest BCUT2D eigenvalue weighted by molar-refractivity contribution is -0.138. The van der Waals surface area contributed by atoms with Gasteiger partial charge in [-0.05, 0) is 35.9 Å². The molecule has 0 saturated heterocycles. The fourth-order valence-corrected chi connectivity index (χ4v) is 2.73. The molecule has 0 bridgehead atoms. The zero-order valence-corrected chi connectivity index (χ0v) is 15.6. The van der Waals surface area contributed by atoms with Crippen LogP contribution in [-0.2, 0) is 4.79 Å². The Morgan fingerprint density at radius 1 is 0.815 bits per heavy atom. The fraction of sp³-hybridized carbons (Fsp3) is 0.300. The number of aliphatic carboxylic acids is 1. The molecule has 0 saturated carbocycles. The SMILES string of the molecule is COc1ccc(C(=O)CC(C(=O)O)c2ccc(OC)c(OC)c2)cc1OC. The molecule has 27 heavy (non-hydrogen) atoms. The first-order valence-corrected chi connectivity index (χ1v) is 8.15. The topological polar surface area (TPSA) is 91.3 Å². The highest BCUT2D eigenvalue weighted by molar-refractivity contribution is 5.99. The summed E-state index contributed by atoms with van der Waals surface area (Å²) in [7, 11) is 5.92. The average Bonchev–Trinajstić information content (AvgIpc) is 2.70. The van der Waals surface area contributed by atoms with Crippen LogP contribution in [0.15, 0.2) is 36.4 Å². The molecule has 144 valence electrons. The van der Waals surface area contributed by atoms with Crippen LogP contribution in [0.1, 0.15) is 28.3 Å². The smallest absolute Gasteiger partial charge is 0.311 e. The molecule has 0 heterocycles. The molecule has 0 radical (unpaired) electrons. The zero-order chi connectivity index (χ0) is 20.0. The van der Waals surface area contributed by atoms with Crippen molar-refractivity contribution >= 4 is 11.8 Å². The van der Waals surface area contributed by atoms with Gasteiger partial charge in [-0.3, -0.25) is 9.59 Å². The number of rotatable bonds is 9. The number of ketones is 1. The summed E-state index contributed by atoms with van der Waals surface area (Å²) in [6.07, 6.45) is -0.208. The van der Waals surface area contributed by atoms with Gasteiger partial charge >= 0.3 is 5.97 Å². The highest BCUT2D eigenvalue weighted by Crippen LogP contribution is 2.33. The summed E-state index contributed by atoms with van der Waals surface area (Å²) in [5.41, 5.74) is 0.799. The summed E-state index contributed by atoms with van der Waals surface area (Å²) in [5, 5.41) is 9.63. The molecule has 1 unspecified atom stereocenters. The molecular formula is C20H22O7. The van der Waals surface area contributed by atoms with Crippen molar-refractivity contribution in [3.05, 3.63) is 47.5 Å². The van der Waals surface area contributed by atoms with Crippen LogP contribution < -0.4 is 18.9 Å². The first kappa shape index (κ1) is 20.1. The van der Waals surface area contributed by atoms with Crippen LogP contribution in [0, 0.1) is 0 Å². The lowest BCUT2D eigenvalue weighted by Crippen LogP contribution is -2.16. The van der Waals surface area contributed by atoms with Gasteiger partial charge in [0.05, 0.1) is 34.4 Å². The second-order valence-corrected chi connectivity index (χ2v) is 5.70. The van der Waals surface area contributed by atoms with E-state index in [0.717, 1.165) is 0 Å².